The number of nitrogens with one attached hydrogen (secondary N) is 1. The Kier molecular flexibility index (Phi) is 5.38. The van der Waals surface area contributed by atoms with Crippen LogP contribution in [0, 0.1) is 5.92 Å². The molecule has 1 fully saturated rings. The molecule has 0 radical (unpaired) electrons. The molecule has 1 atom stereocenters. The topological polar surface area (TPSA) is 67.6 Å². The Morgan fingerprint density at radius 1 is 1.35 bits per heavy atom. The second kappa shape index (κ2) is 7.26. The highest BCUT2D eigenvalue weighted by Gasteiger charge is 2.11. The van der Waals surface area contributed by atoms with E-state index in [9.17, 15) is 4.79 Å². The first-order valence-corrected chi connectivity index (χ1v) is 7.11. The van der Waals surface area contributed by atoms with Gasteiger partial charge in [-0.1, -0.05) is 6.92 Å². The smallest absolute Gasteiger partial charge is 0.224 e. The quantitative estimate of drug-likeness (QED) is 0.855. The monoisotopic (exact) mass is 277 g/mol. The molecule has 0 saturated carbocycles. The van der Waals surface area contributed by atoms with Crippen molar-refractivity contribution in [2.24, 2.45) is 11.7 Å². The third-order valence-electron chi connectivity index (χ3n) is 3.46. The molecule has 0 aromatic heterocycles. The van der Waals surface area contributed by atoms with Gasteiger partial charge >= 0.3 is 0 Å². The number of carbonyl (C=O) groups is 1. The molecule has 3 N–H and O–H groups in total. The summed E-state index contributed by atoms with van der Waals surface area (Å²) >= 11 is 0. The number of hydrogen-bond acceptors (Lipinski definition) is 4. The van der Waals surface area contributed by atoms with E-state index in [2.05, 4.69) is 10.2 Å². The predicted molar refractivity (Wildman–Crippen MR) is 80.9 cm³/mol. The first kappa shape index (κ1) is 14.8. The van der Waals surface area contributed by atoms with Crippen molar-refractivity contribution in [1.29, 1.82) is 0 Å². The molecule has 2 rings (SSSR count). The van der Waals surface area contributed by atoms with E-state index in [-0.39, 0.29) is 11.8 Å². The van der Waals surface area contributed by atoms with Crippen molar-refractivity contribution >= 4 is 17.3 Å². The molecule has 1 aromatic rings. The summed E-state index contributed by atoms with van der Waals surface area (Å²) in [5.41, 5.74) is 7.52. The minimum Gasteiger partial charge on any atom is -0.378 e. The molecule has 1 heterocycles. The highest BCUT2D eigenvalue weighted by atomic mass is 16.5. The van der Waals surface area contributed by atoms with E-state index in [0.29, 0.717) is 13.0 Å². The van der Waals surface area contributed by atoms with E-state index < -0.39 is 0 Å². The number of benzene rings is 1. The van der Waals surface area contributed by atoms with Crippen LogP contribution in [0.1, 0.15) is 13.3 Å². The molecule has 1 amide bonds. The Hall–Kier alpha value is -1.59. The fraction of sp³-hybridized carbons (Fsp3) is 0.533. The van der Waals surface area contributed by atoms with Crippen molar-refractivity contribution in [1.82, 2.24) is 0 Å². The molecular weight excluding hydrogens is 254 g/mol. The number of morpholine rings is 1. The number of hydrogen-bond donors (Lipinski definition) is 2. The molecule has 0 spiro atoms. The molecule has 1 aliphatic rings. The predicted octanol–water partition coefficient (Wildman–Crippen LogP) is 1.45. The Balaban J connectivity index is 1.89. The number of ether oxygens (including phenoxy) is 1. The van der Waals surface area contributed by atoms with Gasteiger partial charge < -0.3 is 20.7 Å². The van der Waals surface area contributed by atoms with Gasteiger partial charge in [-0.3, -0.25) is 4.79 Å². The van der Waals surface area contributed by atoms with Crippen molar-refractivity contribution in [3.8, 4) is 0 Å². The second-order valence-electron chi connectivity index (χ2n) is 5.24. The van der Waals surface area contributed by atoms with Crippen LogP contribution in [0.25, 0.3) is 0 Å². The van der Waals surface area contributed by atoms with Crippen LogP contribution in [0.15, 0.2) is 24.3 Å². The van der Waals surface area contributed by atoms with Crippen LogP contribution in [-0.4, -0.2) is 38.8 Å². The summed E-state index contributed by atoms with van der Waals surface area (Å²) in [6.45, 7) is 5.88. The molecular formula is C15H23N3O2. The van der Waals surface area contributed by atoms with Gasteiger partial charge in [0.1, 0.15) is 0 Å². The van der Waals surface area contributed by atoms with E-state index in [1.54, 1.807) is 0 Å². The van der Waals surface area contributed by atoms with Gasteiger partial charge in [0, 0.05) is 30.9 Å². The molecule has 5 nitrogen and oxygen atoms in total. The lowest BCUT2D eigenvalue weighted by Crippen LogP contribution is -2.36. The maximum atomic E-state index is 11.8. The van der Waals surface area contributed by atoms with Gasteiger partial charge in [-0.2, -0.15) is 0 Å². The zero-order valence-corrected chi connectivity index (χ0v) is 12.0. The lowest BCUT2D eigenvalue weighted by molar-refractivity contribution is -0.116. The van der Waals surface area contributed by atoms with Gasteiger partial charge in [-0.25, -0.2) is 0 Å². The lowest BCUT2D eigenvalue weighted by Gasteiger charge is -2.28. The summed E-state index contributed by atoms with van der Waals surface area (Å²) in [4.78, 5) is 14.1. The zero-order valence-electron chi connectivity index (χ0n) is 12.0. The van der Waals surface area contributed by atoms with E-state index in [1.165, 1.54) is 5.69 Å². The van der Waals surface area contributed by atoms with Crippen LogP contribution < -0.4 is 16.0 Å². The third kappa shape index (κ3) is 4.21. The van der Waals surface area contributed by atoms with Crippen molar-refractivity contribution in [2.45, 2.75) is 13.3 Å². The summed E-state index contributed by atoms with van der Waals surface area (Å²) in [5, 5.41) is 2.90. The van der Waals surface area contributed by atoms with Crippen molar-refractivity contribution in [2.75, 3.05) is 43.1 Å². The minimum atomic E-state index is 0.0158. The minimum absolute atomic E-state index is 0.0158. The highest BCUT2D eigenvalue weighted by Crippen LogP contribution is 2.19. The fourth-order valence-corrected chi connectivity index (χ4v) is 2.19. The average molecular weight is 277 g/mol. The summed E-state index contributed by atoms with van der Waals surface area (Å²) in [6, 6.07) is 7.95. The largest absolute Gasteiger partial charge is 0.378 e. The van der Waals surface area contributed by atoms with Crippen LogP contribution in [-0.2, 0) is 9.53 Å². The number of nitrogens with two attached hydrogens (primary N) is 1. The summed E-state index contributed by atoms with van der Waals surface area (Å²) in [7, 11) is 0. The van der Waals surface area contributed by atoms with Crippen LogP contribution in [0.3, 0.4) is 0 Å². The molecule has 5 heteroatoms. The molecule has 1 saturated heterocycles. The average Bonchev–Trinajstić information content (AvgIpc) is 2.48. The Morgan fingerprint density at radius 3 is 2.60 bits per heavy atom. The standard InChI is InChI=1S/C15H23N3O2/c1-12(11-16)10-15(19)17-13-2-4-14(5-3-13)18-6-8-20-9-7-18/h2-5,12H,6-11,16H2,1H3,(H,17,19). The molecule has 110 valence electrons. The van der Waals surface area contributed by atoms with E-state index in [0.717, 1.165) is 32.0 Å². The maximum absolute atomic E-state index is 11.8. The lowest BCUT2D eigenvalue weighted by atomic mass is 10.1. The van der Waals surface area contributed by atoms with Gasteiger partial charge in [-0.15, -0.1) is 0 Å². The van der Waals surface area contributed by atoms with Gasteiger partial charge in [0.2, 0.25) is 5.91 Å². The normalized spacial score (nSPS) is 16.8. The third-order valence-corrected chi connectivity index (χ3v) is 3.46. The van der Waals surface area contributed by atoms with Gasteiger partial charge in [-0.05, 0) is 36.7 Å². The molecule has 1 aromatic carbocycles. The zero-order chi connectivity index (χ0) is 14.4. The second-order valence-corrected chi connectivity index (χ2v) is 5.24. The number of nitrogens with zero attached hydrogens (tertiary/aromatic N) is 1. The summed E-state index contributed by atoms with van der Waals surface area (Å²) in [5.74, 6) is 0.227. The van der Waals surface area contributed by atoms with Gasteiger partial charge in [0.25, 0.3) is 0 Å². The summed E-state index contributed by atoms with van der Waals surface area (Å²) in [6.07, 6.45) is 0.460. The summed E-state index contributed by atoms with van der Waals surface area (Å²) < 4.78 is 5.34. The molecule has 1 unspecified atom stereocenters. The number of carbonyl (C=O) groups excluding carboxylic acids is 1. The van der Waals surface area contributed by atoms with Crippen LogP contribution in [0.4, 0.5) is 11.4 Å². The number of rotatable bonds is 5. The molecule has 1 aliphatic heterocycles. The molecule has 0 aliphatic carbocycles. The van der Waals surface area contributed by atoms with Crippen molar-refractivity contribution in [3.05, 3.63) is 24.3 Å². The molecule has 20 heavy (non-hydrogen) atoms. The Labute approximate surface area is 120 Å². The van der Waals surface area contributed by atoms with Gasteiger partial charge in [0.05, 0.1) is 13.2 Å². The van der Waals surface area contributed by atoms with Crippen LogP contribution in [0.5, 0.6) is 0 Å². The number of amides is 1. The fourth-order valence-electron chi connectivity index (χ4n) is 2.19. The SMILES string of the molecule is CC(CN)CC(=O)Nc1ccc(N2CCOCC2)cc1. The Morgan fingerprint density at radius 2 is 2.00 bits per heavy atom. The van der Waals surface area contributed by atoms with Crippen LogP contribution in [0.2, 0.25) is 0 Å². The number of anilines is 2. The van der Waals surface area contributed by atoms with E-state index in [4.69, 9.17) is 10.5 Å². The van der Waals surface area contributed by atoms with Crippen molar-refractivity contribution < 1.29 is 9.53 Å². The van der Waals surface area contributed by atoms with E-state index in [1.807, 2.05) is 31.2 Å². The van der Waals surface area contributed by atoms with Gasteiger partial charge in [0.15, 0.2) is 0 Å². The first-order valence-electron chi connectivity index (χ1n) is 7.11. The maximum Gasteiger partial charge on any atom is 0.224 e. The van der Waals surface area contributed by atoms with E-state index >= 15 is 0 Å². The first-order chi connectivity index (χ1) is 9.69. The van der Waals surface area contributed by atoms with Crippen molar-refractivity contribution in [3.63, 3.8) is 0 Å². The Bertz CT molecular complexity index is 427. The molecule has 0 bridgehead atoms. The highest BCUT2D eigenvalue weighted by molar-refractivity contribution is 5.91. The van der Waals surface area contributed by atoms with Crippen LogP contribution >= 0.6 is 0 Å².